The van der Waals surface area contributed by atoms with Crippen LogP contribution in [0.5, 0.6) is 0 Å². The van der Waals surface area contributed by atoms with Crippen molar-refractivity contribution in [3.8, 4) is 0 Å². The Bertz CT molecular complexity index is 678. The molecule has 2 heterocycles. The minimum absolute atomic E-state index is 0.0327. The molecule has 0 saturated carbocycles. The molecule has 2 amide bonds. The Morgan fingerprint density at radius 1 is 1.10 bits per heavy atom. The lowest BCUT2D eigenvalue weighted by Gasteiger charge is -2.43. The summed E-state index contributed by atoms with van der Waals surface area (Å²) in [6, 6.07) is 10.7. The molecule has 6 nitrogen and oxygen atoms in total. The Balaban J connectivity index is 1.43. The molecular formula is C23H36N4O2. The first-order valence-corrected chi connectivity index (χ1v) is 11.0. The van der Waals surface area contributed by atoms with Crippen LogP contribution in [0, 0.1) is 5.92 Å². The average molecular weight is 401 g/mol. The predicted octanol–water partition coefficient (Wildman–Crippen LogP) is 1.79. The van der Waals surface area contributed by atoms with Gasteiger partial charge < -0.3 is 16.0 Å². The van der Waals surface area contributed by atoms with Crippen molar-refractivity contribution in [2.45, 2.75) is 57.5 Å². The van der Waals surface area contributed by atoms with E-state index in [0.717, 1.165) is 58.3 Å². The number of likely N-dealkylation sites (tertiary alicyclic amines) is 2. The number of benzene rings is 1. The van der Waals surface area contributed by atoms with Gasteiger partial charge in [-0.2, -0.15) is 0 Å². The monoisotopic (exact) mass is 400 g/mol. The summed E-state index contributed by atoms with van der Waals surface area (Å²) in [6.45, 7) is 7.63. The maximum atomic E-state index is 12.7. The number of amides is 2. The van der Waals surface area contributed by atoms with Crippen molar-refractivity contribution in [3.05, 3.63) is 35.9 Å². The minimum Gasteiger partial charge on any atom is -0.355 e. The first-order chi connectivity index (χ1) is 13.8. The van der Waals surface area contributed by atoms with Gasteiger partial charge in [0.2, 0.25) is 11.8 Å². The molecule has 0 spiro atoms. The van der Waals surface area contributed by atoms with Crippen molar-refractivity contribution in [3.63, 3.8) is 0 Å². The van der Waals surface area contributed by atoms with Crippen LogP contribution in [0.25, 0.3) is 0 Å². The number of piperidine rings is 2. The number of nitrogens with two attached hydrogens (primary N) is 1. The highest BCUT2D eigenvalue weighted by Gasteiger charge is 2.34. The summed E-state index contributed by atoms with van der Waals surface area (Å²) in [5.41, 5.74) is 6.42. The summed E-state index contributed by atoms with van der Waals surface area (Å²) in [7, 11) is 0. The van der Waals surface area contributed by atoms with Crippen LogP contribution in [-0.2, 0) is 16.0 Å². The van der Waals surface area contributed by atoms with Crippen LogP contribution < -0.4 is 11.1 Å². The van der Waals surface area contributed by atoms with Crippen LogP contribution in [0.1, 0.15) is 45.1 Å². The first-order valence-electron chi connectivity index (χ1n) is 11.0. The highest BCUT2D eigenvalue weighted by atomic mass is 16.2. The lowest BCUT2D eigenvalue weighted by molar-refractivity contribution is -0.137. The fourth-order valence-electron chi connectivity index (χ4n) is 4.51. The number of nitrogens with zero attached hydrogens (tertiary/aromatic N) is 2. The summed E-state index contributed by atoms with van der Waals surface area (Å²) in [6.07, 6.45) is 4.82. The summed E-state index contributed by atoms with van der Waals surface area (Å²) in [5.74, 6) is 0.288. The molecule has 1 aromatic rings. The smallest absolute Gasteiger partial charge is 0.242 e. The molecule has 2 fully saturated rings. The average Bonchev–Trinajstić information content (AvgIpc) is 2.73. The van der Waals surface area contributed by atoms with Crippen molar-refractivity contribution < 1.29 is 9.59 Å². The van der Waals surface area contributed by atoms with E-state index in [0.29, 0.717) is 12.6 Å². The predicted molar refractivity (Wildman–Crippen MR) is 115 cm³/mol. The van der Waals surface area contributed by atoms with Gasteiger partial charge in [-0.05, 0) is 58.1 Å². The van der Waals surface area contributed by atoms with Crippen LogP contribution in [0.3, 0.4) is 0 Å². The van der Waals surface area contributed by atoms with Gasteiger partial charge in [0.1, 0.15) is 0 Å². The molecule has 2 aliphatic heterocycles. The molecule has 0 aromatic heterocycles. The molecule has 0 radical (unpaired) electrons. The molecule has 0 bridgehead atoms. The van der Waals surface area contributed by atoms with Crippen molar-refractivity contribution in [1.82, 2.24) is 15.1 Å². The number of hydrogen-bond donors (Lipinski definition) is 2. The summed E-state index contributed by atoms with van der Waals surface area (Å²) in [4.78, 5) is 29.4. The zero-order chi connectivity index (χ0) is 20.9. The standard InChI is InChI=1S/C23H36N4O2/c1-23(2,24)22(29)26-15-11-20(12-16-26)27-14-6-9-19(17-27)21(28)25-13-10-18-7-4-3-5-8-18/h3-5,7-8,19-20H,6,9-17,24H2,1-2H3,(H,25,28). The van der Waals surface area contributed by atoms with E-state index in [4.69, 9.17) is 5.73 Å². The Morgan fingerprint density at radius 3 is 2.45 bits per heavy atom. The molecule has 1 atom stereocenters. The van der Waals surface area contributed by atoms with Gasteiger partial charge in [-0.3, -0.25) is 14.5 Å². The second-order valence-electron chi connectivity index (χ2n) is 9.11. The van der Waals surface area contributed by atoms with Gasteiger partial charge in [-0.1, -0.05) is 30.3 Å². The molecule has 1 unspecified atom stereocenters. The third-order valence-electron chi connectivity index (χ3n) is 6.20. The van der Waals surface area contributed by atoms with Crippen LogP contribution in [0.15, 0.2) is 30.3 Å². The van der Waals surface area contributed by atoms with Gasteiger partial charge in [-0.15, -0.1) is 0 Å². The molecule has 2 aliphatic rings. The summed E-state index contributed by atoms with van der Waals surface area (Å²) < 4.78 is 0. The van der Waals surface area contributed by atoms with Gasteiger partial charge in [-0.25, -0.2) is 0 Å². The normalized spacial score (nSPS) is 21.8. The number of nitrogens with one attached hydrogen (secondary N) is 1. The maximum Gasteiger partial charge on any atom is 0.242 e. The van der Waals surface area contributed by atoms with E-state index in [1.54, 1.807) is 13.8 Å². The maximum absolute atomic E-state index is 12.7. The number of carbonyl (C=O) groups excluding carboxylic acids is 2. The van der Waals surface area contributed by atoms with Gasteiger partial charge in [0, 0.05) is 32.2 Å². The van der Waals surface area contributed by atoms with Crippen molar-refractivity contribution >= 4 is 11.8 Å². The summed E-state index contributed by atoms with van der Waals surface area (Å²) in [5, 5.41) is 3.13. The molecule has 3 N–H and O–H groups in total. The van der Waals surface area contributed by atoms with E-state index in [1.165, 1.54) is 5.56 Å². The van der Waals surface area contributed by atoms with Crippen molar-refractivity contribution in [1.29, 1.82) is 0 Å². The molecule has 0 aliphatic carbocycles. The molecule has 2 saturated heterocycles. The summed E-state index contributed by atoms with van der Waals surface area (Å²) >= 11 is 0. The van der Waals surface area contributed by atoms with Crippen LogP contribution >= 0.6 is 0 Å². The van der Waals surface area contributed by atoms with Gasteiger partial charge in [0.25, 0.3) is 0 Å². The first kappa shape index (κ1) is 21.8. The van der Waals surface area contributed by atoms with Gasteiger partial charge >= 0.3 is 0 Å². The minimum atomic E-state index is -0.805. The van der Waals surface area contributed by atoms with E-state index in [2.05, 4.69) is 22.3 Å². The Labute approximate surface area is 174 Å². The molecular weight excluding hydrogens is 364 g/mol. The van der Waals surface area contributed by atoms with Gasteiger partial charge in [0.15, 0.2) is 0 Å². The van der Waals surface area contributed by atoms with Crippen LogP contribution in [0.2, 0.25) is 0 Å². The van der Waals surface area contributed by atoms with Gasteiger partial charge in [0.05, 0.1) is 11.5 Å². The largest absolute Gasteiger partial charge is 0.355 e. The lowest BCUT2D eigenvalue weighted by atomic mass is 9.92. The Hall–Kier alpha value is -1.92. The number of carbonyl (C=O) groups is 2. The topological polar surface area (TPSA) is 78.7 Å². The Morgan fingerprint density at radius 2 is 1.79 bits per heavy atom. The molecule has 6 heteroatoms. The highest BCUT2D eigenvalue weighted by molar-refractivity contribution is 5.85. The van der Waals surface area contributed by atoms with Crippen molar-refractivity contribution in [2.75, 3.05) is 32.7 Å². The van der Waals surface area contributed by atoms with E-state index in [1.807, 2.05) is 23.1 Å². The zero-order valence-corrected chi connectivity index (χ0v) is 17.9. The quantitative estimate of drug-likeness (QED) is 0.763. The van der Waals surface area contributed by atoms with Crippen LogP contribution in [-0.4, -0.2) is 65.9 Å². The molecule has 29 heavy (non-hydrogen) atoms. The SMILES string of the molecule is CC(C)(N)C(=O)N1CCC(N2CCCC(C(=O)NCCc3ccccc3)C2)CC1. The second kappa shape index (κ2) is 9.72. The number of rotatable bonds is 6. The third kappa shape index (κ3) is 6.03. The number of hydrogen-bond acceptors (Lipinski definition) is 4. The van der Waals surface area contributed by atoms with E-state index < -0.39 is 5.54 Å². The second-order valence-corrected chi connectivity index (χ2v) is 9.11. The highest BCUT2D eigenvalue weighted by Crippen LogP contribution is 2.25. The van der Waals surface area contributed by atoms with E-state index >= 15 is 0 Å². The Kier molecular flexibility index (Phi) is 7.30. The molecule has 160 valence electrons. The third-order valence-corrected chi connectivity index (χ3v) is 6.20. The fraction of sp³-hybridized carbons (Fsp3) is 0.652. The van der Waals surface area contributed by atoms with E-state index in [-0.39, 0.29) is 17.7 Å². The van der Waals surface area contributed by atoms with Crippen LogP contribution in [0.4, 0.5) is 0 Å². The molecule has 1 aromatic carbocycles. The molecule has 3 rings (SSSR count). The van der Waals surface area contributed by atoms with E-state index in [9.17, 15) is 9.59 Å². The van der Waals surface area contributed by atoms with Crippen molar-refractivity contribution in [2.24, 2.45) is 11.7 Å². The zero-order valence-electron chi connectivity index (χ0n) is 17.9. The fourth-order valence-corrected chi connectivity index (χ4v) is 4.51. The lowest BCUT2D eigenvalue weighted by Crippen LogP contribution is -2.56.